The van der Waals surface area contributed by atoms with Crippen molar-refractivity contribution in [1.29, 1.82) is 0 Å². The molecule has 2 heterocycles. The lowest BCUT2D eigenvalue weighted by Gasteiger charge is -2.30. The molecule has 1 fully saturated rings. The van der Waals surface area contributed by atoms with Crippen LogP contribution in [0, 0.1) is 5.92 Å². The number of ether oxygens (including phenoxy) is 3. The summed E-state index contributed by atoms with van der Waals surface area (Å²) in [5.74, 6) is 0.516. The number of carboxylic acids is 1. The molecule has 9 heteroatoms. The maximum absolute atomic E-state index is 13.8. The number of carboxylic acid groups (broad SMARTS) is 1. The second-order valence-corrected chi connectivity index (χ2v) is 12.0. The van der Waals surface area contributed by atoms with Crippen molar-refractivity contribution in [3.8, 4) is 17.2 Å². The van der Waals surface area contributed by atoms with Crippen LogP contribution in [0.15, 0.2) is 42.5 Å². The fraction of sp³-hybridized carbons (Fsp3) is 0.588. The van der Waals surface area contributed by atoms with Crippen molar-refractivity contribution < 1.29 is 28.9 Å². The van der Waals surface area contributed by atoms with Gasteiger partial charge in [-0.15, -0.1) is 0 Å². The quantitative estimate of drug-likeness (QED) is 0.259. The first-order valence-corrected chi connectivity index (χ1v) is 15.7. The van der Waals surface area contributed by atoms with E-state index >= 15 is 0 Å². The number of hydrogen-bond acceptors (Lipinski definition) is 7. The standard InChI is InChI=1S/C34H49N3O6/c1-5-6-19-36(20-10-9-18-35(2)3)32(38)23-37-22-27(26-16-17-30-31(21-26)43-24-42-30)33(34(39)40)28(37)14-11-13-25-12-7-8-15-29(25)41-4/h7-8,12,15-17,21,27-28,33H,5-6,9-11,13-14,18-20,22-24H2,1-4H3,(H,39,40)/t27-,28+,33?/m1/s1. The van der Waals surface area contributed by atoms with Gasteiger partial charge in [-0.1, -0.05) is 37.6 Å². The molecule has 2 aliphatic heterocycles. The zero-order valence-electron chi connectivity index (χ0n) is 26.3. The fourth-order valence-electron chi connectivity index (χ4n) is 6.46. The van der Waals surface area contributed by atoms with Crippen LogP contribution in [0.25, 0.3) is 0 Å². The van der Waals surface area contributed by atoms with E-state index in [2.05, 4.69) is 36.9 Å². The molecule has 4 rings (SSSR count). The zero-order valence-corrected chi connectivity index (χ0v) is 26.3. The number of benzene rings is 2. The van der Waals surface area contributed by atoms with E-state index in [1.54, 1.807) is 7.11 Å². The zero-order chi connectivity index (χ0) is 30.8. The maximum Gasteiger partial charge on any atom is 0.308 e. The summed E-state index contributed by atoms with van der Waals surface area (Å²) in [5.41, 5.74) is 2.01. The molecule has 3 atom stereocenters. The number of rotatable bonds is 17. The lowest BCUT2D eigenvalue weighted by Crippen LogP contribution is -2.44. The molecule has 0 saturated carbocycles. The molecule has 0 aliphatic carbocycles. The predicted octanol–water partition coefficient (Wildman–Crippen LogP) is 4.89. The van der Waals surface area contributed by atoms with Crippen molar-refractivity contribution in [3.05, 3.63) is 53.6 Å². The number of aliphatic carboxylic acids is 1. The van der Waals surface area contributed by atoms with E-state index < -0.39 is 11.9 Å². The SMILES string of the molecule is CCCCN(CCCCN(C)C)C(=O)CN1C[C@H](c2ccc3c(c2)OCO3)C(C(=O)O)[C@@H]1CCCc1ccccc1OC. The Morgan fingerprint density at radius 1 is 1.00 bits per heavy atom. The first-order chi connectivity index (χ1) is 20.8. The van der Waals surface area contributed by atoms with Crippen LogP contribution in [-0.2, 0) is 16.0 Å². The maximum atomic E-state index is 13.8. The number of aryl methyl sites for hydroxylation is 1. The number of para-hydroxylation sites is 1. The van der Waals surface area contributed by atoms with Crippen LogP contribution in [0.1, 0.15) is 62.5 Å². The highest BCUT2D eigenvalue weighted by atomic mass is 16.7. The molecule has 43 heavy (non-hydrogen) atoms. The number of methoxy groups -OCH3 is 1. The van der Waals surface area contributed by atoms with Crippen LogP contribution >= 0.6 is 0 Å². The molecule has 0 bridgehead atoms. The lowest BCUT2D eigenvalue weighted by atomic mass is 9.83. The Bertz CT molecular complexity index is 1200. The second kappa shape index (κ2) is 16.0. The average molecular weight is 596 g/mol. The normalized spacial score (nSPS) is 19.6. The molecule has 2 aromatic rings. The van der Waals surface area contributed by atoms with Crippen molar-refractivity contribution in [2.75, 3.05) is 60.7 Å². The Kier molecular flexibility index (Phi) is 12.1. The van der Waals surface area contributed by atoms with Gasteiger partial charge in [-0.05, 0) is 88.5 Å². The summed E-state index contributed by atoms with van der Waals surface area (Å²) in [4.78, 5) is 33.0. The number of carbonyl (C=O) groups excluding carboxylic acids is 1. The molecule has 1 unspecified atom stereocenters. The Balaban J connectivity index is 1.54. The summed E-state index contributed by atoms with van der Waals surface area (Å²) in [7, 11) is 5.80. The minimum Gasteiger partial charge on any atom is -0.496 e. The van der Waals surface area contributed by atoms with Gasteiger partial charge in [-0.25, -0.2) is 0 Å². The average Bonchev–Trinajstić information content (AvgIpc) is 3.61. The molecule has 0 radical (unpaired) electrons. The highest BCUT2D eigenvalue weighted by Crippen LogP contribution is 2.43. The van der Waals surface area contributed by atoms with Gasteiger partial charge in [0.25, 0.3) is 0 Å². The number of fused-ring (bicyclic) bond motifs is 1. The molecule has 2 aliphatic rings. The van der Waals surface area contributed by atoms with Crippen molar-refractivity contribution >= 4 is 11.9 Å². The number of hydrogen-bond donors (Lipinski definition) is 1. The summed E-state index contributed by atoms with van der Waals surface area (Å²) in [6.45, 7) is 5.49. The van der Waals surface area contributed by atoms with E-state index in [9.17, 15) is 14.7 Å². The van der Waals surface area contributed by atoms with Gasteiger partial charge in [0, 0.05) is 31.6 Å². The Morgan fingerprint density at radius 3 is 2.49 bits per heavy atom. The van der Waals surface area contributed by atoms with E-state index in [4.69, 9.17) is 14.2 Å². The highest BCUT2D eigenvalue weighted by molar-refractivity contribution is 5.79. The number of nitrogens with zero attached hydrogens (tertiary/aromatic N) is 3. The molecule has 1 saturated heterocycles. The molecule has 9 nitrogen and oxygen atoms in total. The monoisotopic (exact) mass is 595 g/mol. The molecule has 0 aromatic heterocycles. The molecule has 236 valence electrons. The van der Waals surface area contributed by atoms with Crippen LogP contribution in [0.2, 0.25) is 0 Å². The third kappa shape index (κ3) is 8.63. The second-order valence-electron chi connectivity index (χ2n) is 12.0. The van der Waals surface area contributed by atoms with Crippen LogP contribution in [0.3, 0.4) is 0 Å². The summed E-state index contributed by atoms with van der Waals surface area (Å²) in [5, 5.41) is 10.6. The number of likely N-dealkylation sites (tertiary alicyclic amines) is 1. The fourth-order valence-corrected chi connectivity index (χ4v) is 6.46. The van der Waals surface area contributed by atoms with Crippen LogP contribution in [-0.4, -0.2) is 98.4 Å². The van der Waals surface area contributed by atoms with Gasteiger partial charge in [-0.2, -0.15) is 0 Å². The molecule has 1 amide bonds. The van der Waals surface area contributed by atoms with Crippen molar-refractivity contribution in [2.24, 2.45) is 5.92 Å². The summed E-state index contributed by atoms with van der Waals surface area (Å²) < 4.78 is 16.7. The van der Waals surface area contributed by atoms with E-state index in [0.717, 1.165) is 75.0 Å². The minimum absolute atomic E-state index is 0.0866. The van der Waals surface area contributed by atoms with Gasteiger partial charge >= 0.3 is 5.97 Å². The third-order valence-corrected chi connectivity index (χ3v) is 8.75. The largest absolute Gasteiger partial charge is 0.496 e. The first-order valence-electron chi connectivity index (χ1n) is 15.7. The molecule has 0 spiro atoms. The summed E-state index contributed by atoms with van der Waals surface area (Å²) in [6.07, 6.45) is 6.19. The van der Waals surface area contributed by atoms with E-state index in [-0.39, 0.29) is 31.2 Å². The number of amides is 1. The highest BCUT2D eigenvalue weighted by Gasteiger charge is 2.47. The van der Waals surface area contributed by atoms with Gasteiger partial charge in [-0.3, -0.25) is 14.5 Å². The number of carbonyl (C=O) groups is 2. The smallest absolute Gasteiger partial charge is 0.308 e. The van der Waals surface area contributed by atoms with E-state index in [1.165, 1.54) is 0 Å². The van der Waals surface area contributed by atoms with Gasteiger partial charge in [0.15, 0.2) is 11.5 Å². The lowest BCUT2D eigenvalue weighted by molar-refractivity contribution is -0.143. The van der Waals surface area contributed by atoms with Crippen LogP contribution < -0.4 is 14.2 Å². The van der Waals surface area contributed by atoms with E-state index in [1.807, 2.05) is 41.3 Å². The molecule has 1 N–H and O–H groups in total. The van der Waals surface area contributed by atoms with Gasteiger partial charge in [0.05, 0.1) is 19.6 Å². The Labute approximate surface area is 256 Å². The summed E-state index contributed by atoms with van der Waals surface area (Å²) >= 11 is 0. The predicted molar refractivity (Wildman–Crippen MR) is 167 cm³/mol. The molecular formula is C34H49N3O6. The topological polar surface area (TPSA) is 91.8 Å². The van der Waals surface area contributed by atoms with E-state index in [0.29, 0.717) is 24.5 Å². The van der Waals surface area contributed by atoms with Gasteiger partial charge < -0.3 is 29.1 Å². The molecule has 2 aromatic carbocycles. The summed E-state index contributed by atoms with van der Waals surface area (Å²) in [6, 6.07) is 13.4. The third-order valence-electron chi connectivity index (χ3n) is 8.75. The van der Waals surface area contributed by atoms with Crippen LogP contribution in [0.4, 0.5) is 0 Å². The first kappa shape index (κ1) is 32.6. The Hall–Kier alpha value is -3.30. The number of unbranched alkanes of at least 4 members (excludes halogenated alkanes) is 2. The Morgan fingerprint density at radius 2 is 1.74 bits per heavy atom. The van der Waals surface area contributed by atoms with Crippen molar-refractivity contribution in [3.63, 3.8) is 0 Å². The molecular weight excluding hydrogens is 546 g/mol. The van der Waals surface area contributed by atoms with Gasteiger partial charge in [0.2, 0.25) is 12.7 Å². The van der Waals surface area contributed by atoms with Crippen molar-refractivity contribution in [2.45, 2.75) is 63.8 Å². The minimum atomic E-state index is -0.827. The van der Waals surface area contributed by atoms with Gasteiger partial charge in [0.1, 0.15) is 5.75 Å². The van der Waals surface area contributed by atoms with Crippen LogP contribution in [0.5, 0.6) is 17.2 Å². The van der Waals surface area contributed by atoms with Crippen molar-refractivity contribution in [1.82, 2.24) is 14.7 Å².